The standard InChI is InChI=1S/C12H11N3O2S2/c1-2-7-18-12-15-14-11(19-12)13-10(17)8-5-3-4-6-9(8)16/h2-6,16H,1,7H2,(H,13,14,17). The molecule has 2 rings (SSSR count). The molecule has 5 nitrogen and oxygen atoms in total. The van der Waals surface area contributed by atoms with Gasteiger partial charge in [-0.2, -0.15) is 0 Å². The van der Waals surface area contributed by atoms with E-state index in [9.17, 15) is 9.90 Å². The topological polar surface area (TPSA) is 75.1 Å². The number of phenolic OH excluding ortho intramolecular Hbond substituents is 1. The minimum absolute atomic E-state index is 0.0641. The number of phenols is 1. The summed E-state index contributed by atoms with van der Waals surface area (Å²) in [6.45, 7) is 3.62. The highest BCUT2D eigenvalue weighted by atomic mass is 32.2. The molecule has 7 heteroatoms. The number of amides is 1. The first-order valence-electron chi connectivity index (χ1n) is 5.37. The second kappa shape index (κ2) is 6.35. The Morgan fingerprint density at radius 2 is 2.26 bits per heavy atom. The number of nitrogens with one attached hydrogen (secondary N) is 1. The number of hydrogen-bond acceptors (Lipinski definition) is 6. The number of rotatable bonds is 5. The summed E-state index contributed by atoms with van der Waals surface area (Å²) < 4.78 is 0.757. The first-order chi connectivity index (χ1) is 9.20. The molecule has 19 heavy (non-hydrogen) atoms. The second-order valence-electron chi connectivity index (χ2n) is 3.44. The molecule has 1 aromatic carbocycles. The molecule has 1 heterocycles. The summed E-state index contributed by atoms with van der Waals surface area (Å²) in [5, 5.41) is 20.4. The maximum absolute atomic E-state index is 11.9. The number of aromatic nitrogens is 2. The molecule has 98 valence electrons. The number of aromatic hydroxyl groups is 1. The lowest BCUT2D eigenvalue weighted by Gasteiger charge is -2.02. The Balaban J connectivity index is 2.05. The molecule has 0 bridgehead atoms. The van der Waals surface area contributed by atoms with Crippen molar-refractivity contribution in [1.29, 1.82) is 0 Å². The van der Waals surface area contributed by atoms with Crippen molar-refractivity contribution in [2.75, 3.05) is 11.1 Å². The first kappa shape index (κ1) is 13.6. The summed E-state index contributed by atoms with van der Waals surface area (Å²) in [5.74, 6) is 0.266. The third kappa shape index (κ3) is 3.55. The Morgan fingerprint density at radius 1 is 1.47 bits per heavy atom. The van der Waals surface area contributed by atoms with Gasteiger partial charge < -0.3 is 5.11 Å². The number of para-hydroxylation sites is 1. The molecule has 1 aromatic heterocycles. The first-order valence-corrected chi connectivity index (χ1v) is 7.17. The zero-order chi connectivity index (χ0) is 13.7. The van der Waals surface area contributed by atoms with Crippen LogP contribution in [-0.2, 0) is 0 Å². The largest absolute Gasteiger partial charge is 0.507 e. The van der Waals surface area contributed by atoms with E-state index in [1.807, 2.05) is 0 Å². The molecule has 0 spiro atoms. The van der Waals surface area contributed by atoms with Crippen LogP contribution in [-0.4, -0.2) is 27.0 Å². The maximum Gasteiger partial charge on any atom is 0.261 e. The lowest BCUT2D eigenvalue weighted by Crippen LogP contribution is -2.11. The fraction of sp³-hybridized carbons (Fsp3) is 0.0833. The van der Waals surface area contributed by atoms with Crippen LogP contribution in [0, 0.1) is 0 Å². The van der Waals surface area contributed by atoms with Crippen molar-refractivity contribution in [1.82, 2.24) is 10.2 Å². The number of carbonyl (C=O) groups is 1. The normalized spacial score (nSPS) is 10.1. The number of nitrogens with zero attached hydrogens (tertiary/aromatic N) is 2. The highest BCUT2D eigenvalue weighted by molar-refractivity contribution is 8.01. The van der Waals surface area contributed by atoms with Gasteiger partial charge in [-0.25, -0.2) is 0 Å². The molecule has 0 fully saturated rings. The molecule has 0 aliphatic heterocycles. The van der Waals surface area contributed by atoms with Gasteiger partial charge in [-0.05, 0) is 12.1 Å². The predicted octanol–water partition coefficient (Wildman–Crippen LogP) is 2.77. The zero-order valence-corrected chi connectivity index (χ0v) is 11.5. The van der Waals surface area contributed by atoms with Gasteiger partial charge in [0.1, 0.15) is 5.75 Å². The molecule has 0 unspecified atom stereocenters. The quantitative estimate of drug-likeness (QED) is 0.503. The molecule has 2 aromatic rings. The van der Waals surface area contributed by atoms with Crippen molar-refractivity contribution in [3.8, 4) is 5.75 Å². The smallest absolute Gasteiger partial charge is 0.261 e. The molecule has 0 aliphatic carbocycles. The Kier molecular flexibility index (Phi) is 4.53. The highest BCUT2D eigenvalue weighted by Crippen LogP contribution is 2.26. The van der Waals surface area contributed by atoms with E-state index in [4.69, 9.17) is 0 Å². The van der Waals surface area contributed by atoms with Gasteiger partial charge in [0.15, 0.2) is 4.34 Å². The Bertz CT molecular complexity index is 598. The minimum atomic E-state index is -0.408. The van der Waals surface area contributed by atoms with Crippen LogP contribution in [0.4, 0.5) is 5.13 Å². The SMILES string of the molecule is C=CCSc1nnc(NC(=O)c2ccccc2O)s1. The third-order valence-corrected chi connectivity index (χ3v) is 4.07. The van der Waals surface area contributed by atoms with Crippen LogP contribution in [0.3, 0.4) is 0 Å². The fourth-order valence-corrected chi connectivity index (χ4v) is 2.79. The van der Waals surface area contributed by atoms with Gasteiger partial charge in [0.25, 0.3) is 5.91 Å². The Morgan fingerprint density at radius 3 is 3.00 bits per heavy atom. The zero-order valence-electron chi connectivity index (χ0n) is 9.87. The average Bonchev–Trinajstić information content (AvgIpc) is 2.84. The number of carbonyl (C=O) groups excluding carboxylic acids is 1. The number of hydrogen-bond donors (Lipinski definition) is 2. The monoisotopic (exact) mass is 293 g/mol. The van der Waals surface area contributed by atoms with E-state index in [0.29, 0.717) is 5.13 Å². The van der Waals surface area contributed by atoms with Crippen molar-refractivity contribution in [2.24, 2.45) is 0 Å². The van der Waals surface area contributed by atoms with E-state index in [2.05, 4.69) is 22.1 Å². The van der Waals surface area contributed by atoms with Crippen molar-refractivity contribution in [3.63, 3.8) is 0 Å². The summed E-state index contributed by atoms with van der Waals surface area (Å²) in [7, 11) is 0. The van der Waals surface area contributed by atoms with E-state index < -0.39 is 5.91 Å². The van der Waals surface area contributed by atoms with E-state index in [0.717, 1.165) is 10.1 Å². The summed E-state index contributed by atoms with van der Waals surface area (Å²) >= 11 is 2.77. The summed E-state index contributed by atoms with van der Waals surface area (Å²) in [4.78, 5) is 11.9. The van der Waals surface area contributed by atoms with Gasteiger partial charge in [-0.1, -0.05) is 41.3 Å². The van der Waals surface area contributed by atoms with Gasteiger partial charge in [0, 0.05) is 5.75 Å². The fourth-order valence-electron chi connectivity index (χ4n) is 1.28. The van der Waals surface area contributed by atoms with E-state index in [1.54, 1.807) is 24.3 Å². The average molecular weight is 293 g/mol. The second-order valence-corrected chi connectivity index (χ2v) is 5.69. The van der Waals surface area contributed by atoms with Crippen molar-refractivity contribution >= 4 is 34.1 Å². The summed E-state index contributed by atoms with van der Waals surface area (Å²) in [6.07, 6.45) is 1.77. The number of thioether (sulfide) groups is 1. The lowest BCUT2D eigenvalue weighted by molar-refractivity contribution is 0.102. The molecule has 0 aliphatic rings. The molecule has 0 radical (unpaired) electrons. The Hall–Kier alpha value is -1.86. The van der Waals surface area contributed by atoms with Crippen LogP contribution in [0.2, 0.25) is 0 Å². The van der Waals surface area contributed by atoms with Crippen LogP contribution in [0.25, 0.3) is 0 Å². The van der Waals surface area contributed by atoms with Crippen LogP contribution in [0.1, 0.15) is 10.4 Å². The van der Waals surface area contributed by atoms with Gasteiger partial charge in [0.05, 0.1) is 5.56 Å². The molecule has 0 atom stereocenters. The van der Waals surface area contributed by atoms with E-state index >= 15 is 0 Å². The molecule has 1 amide bonds. The lowest BCUT2D eigenvalue weighted by atomic mass is 10.2. The summed E-state index contributed by atoms with van der Waals surface area (Å²) in [5.41, 5.74) is 0.206. The van der Waals surface area contributed by atoms with Crippen molar-refractivity contribution < 1.29 is 9.90 Å². The van der Waals surface area contributed by atoms with E-state index in [-0.39, 0.29) is 11.3 Å². The van der Waals surface area contributed by atoms with Crippen molar-refractivity contribution in [3.05, 3.63) is 42.5 Å². The van der Waals surface area contributed by atoms with Crippen molar-refractivity contribution in [2.45, 2.75) is 4.34 Å². The molecule has 0 saturated carbocycles. The van der Waals surface area contributed by atoms with Gasteiger partial charge in [-0.3, -0.25) is 10.1 Å². The molecular weight excluding hydrogens is 282 g/mol. The highest BCUT2D eigenvalue weighted by Gasteiger charge is 2.13. The van der Waals surface area contributed by atoms with Crippen LogP contribution >= 0.6 is 23.1 Å². The van der Waals surface area contributed by atoms with Crippen LogP contribution in [0.5, 0.6) is 5.75 Å². The number of anilines is 1. The van der Waals surface area contributed by atoms with Gasteiger partial charge >= 0.3 is 0 Å². The van der Waals surface area contributed by atoms with E-state index in [1.165, 1.54) is 29.2 Å². The molecule has 0 saturated heterocycles. The van der Waals surface area contributed by atoms with Crippen LogP contribution < -0.4 is 5.32 Å². The third-order valence-electron chi connectivity index (χ3n) is 2.10. The molecular formula is C12H11N3O2S2. The van der Waals surface area contributed by atoms with Crippen LogP contribution in [0.15, 0.2) is 41.3 Å². The predicted molar refractivity (Wildman–Crippen MR) is 76.9 cm³/mol. The Labute approximate surface area is 118 Å². The summed E-state index contributed by atoms with van der Waals surface area (Å²) in [6, 6.07) is 6.33. The molecule has 2 N–H and O–H groups in total. The van der Waals surface area contributed by atoms with Gasteiger partial charge in [-0.15, -0.1) is 16.8 Å². The minimum Gasteiger partial charge on any atom is -0.507 e. The number of benzene rings is 1. The van der Waals surface area contributed by atoms with Gasteiger partial charge in [0.2, 0.25) is 5.13 Å². The maximum atomic E-state index is 11.9.